The lowest BCUT2D eigenvalue weighted by Crippen LogP contribution is -2.08. The van der Waals surface area contributed by atoms with E-state index in [4.69, 9.17) is 11.3 Å². The van der Waals surface area contributed by atoms with Crippen molar-refractivity contribution in [1.29, 1.82) is 0 Å². The Bertz CT molecular complexity index is 388. The van der Waals surface area contributed by atoms with Crippen LogP contribution in [-0.4, -0.2) is 37.3 Å². The molecule has 15 heavy (non-hydrogen) atoms. The van der Waals surface area contributed by atoms with Gasteiger partial charge in [-0.3, -0.25) is 5.10 Å². The summed E-state index contributed by atoms with van der Waals surface area (Å²) in [5.41, 5.74) is 0.399. The molecular weight excluding hydrogens is 194 g/mol. The maximum atomic E-state index is 7.04. The summed E-state index contributed by atoms with van der Waals surface area (Å²) in [6.45, 7) is 9.45. The Hall–Kier alpha value is -2.03. The second kappa shape index (κ2) is 5.00. The predicted octanol–water partition coefficient (Wildman–Crippen LogP) is 1.72. The second-order valence-electron chi connectivity index (χ2n) is 2.94. The Kier molecular flexibility index (Phi) is 3.68. The van der Waals surface area contributed by atoms with Gasteiger partial charge in [0, 0.05) is 14.1 Å². The molecule has 1 heterocycles. The molecule has 0 aliphatic heterocycles. The number of rotatable bonds is 4. The molecule has 0 saturated carbocycles. The molecule has 0 unspecified atom stereocenters. The van der Waals surface area contributed by atoms with Crippen molar-refractivity contribution in [3.8, 4) is 0 Å². The first-order valence-corrected chi connectivity index (χ1v) is 4.48. The van der Waals surface area contributed by atoms with E-state index < -0.39 is 0 Å². The Balaban J connectivity index is 2.95. The third-order valence-electron chi connectivity index (χ3n) is 1.66. The highest BCUT2D eigenvalue weighted by Crippen LogP contribution is 2.34. The lowest BCUT2D eigenvalue weighted by molar-refractivity contribution is 0.344. The van der Waals surface area contributed by atoms with Crippen LogP contribution in [0.2, 0.25) is 0 Å². The Morgan fingerprint density at radius 2 is 2.40 bits per heavy atom. The predicted molar refractivity (Wildman–Crippen MR) is 59.0 cm³/mol. The highest BCUT2D eigenvalue weighted by molar-refractivity contribution is 5.78. The lowest BCUT2D eigenvalue weighted by atomic mass is 10.4. The van der Waals surface area contributed by atoms with Crippen LogP contribution < -0.4 is 4.90 Å². The van der Waals surface area contributed by atoms with Crippen molar-refractivity contribution in [3.05, 3.63) is 11.4 Å². The van der Waals surface area contributed by atoms with Gasteiger partial charge in [-0.1, -0.05) is 0 Å². The van der Waals surface area contributed by atoms with Gasteiger partial charge in [-0.2, -0.15) is 5.10 Å². The van der Waals surface area contributed by atoms with Crippen LogP contribution in [-0.2, 0) is 4.74 Å². The minimum absolute atomic E-state index is 0.399. The highest BCUT2D eigenvalue weighted by Gasteiger charge is 2.13. The quantitative estimate of drug-likeness (QED) is 0.464. The van der Waals surface area contributed by atoms with E-state index in [0.717, 1.165) is 0 Å². The molecule has 1 aromatic heterocycles. The Morgan fingerprint density at radius 3 is 2.93 bits per heavy atom. The molecule has 1 aromatic rings. The number of hydrogen-bond acceptors (Lipinski definition) is 4. The minimum Gasteiger partial charge on any atom is -0.483 e. The fourth-order valence-corrected chi connectivity index (χ4v) is 0.987. The van der Waals surface area contributed by atoms with Crippen LogP contribution >= 0.6 is 0 Å². The molecule has 0 fully saturated rings. The SMILES string of the molecule is [C-]#[N+]c1c(N(C)C)n[nH]c1N=COCC. The second-order valence-corrected chi connectivity index (χ2v) is 2.94. The standard InChI is InChI=1S/C9H13N5O/c1-5-15-6-11-8-7(10-2)9(13-12-8)14(3)4/h6H,5H2,1,3-4H3,(H,12,13). The van der Waals surface area contributed by atoms with Crippen molar-refractivity contribution >= 4 is 23.7 Å². The number of aromatic amines is 1. The van der Waals surface area contributed by atoms with Gasteiger partial charge in [-0.15, -0.1) is 0 Å². The lowest BCUT2D eigenvalue weighted by Gasteiger charge is -2.07. The topological polar surface area (TPSA) is 57.9 Å². The van der Waals surface area contributed by atoms with Crippen molar-refractivity contribution < 1.29 is 4.74 Å². The van der Waals surface area contributed by atoms with Gasteiger partial charge in [0.25, 0.3) is 5.69 Å². The summed E-state index contributed by atoms with van der Waals surface area (Å²) in [6, 6.07) is 0. The summed E-state index contributed by atoms with van der Waals surface area (Å²) < 4.78 is 4.95. The molecule has 0 bridgehead atoms. The Morgan fingerprint density at radius 1 is 1.67 bits per heavy atom. The van der Waals surface area contributed by atoms with Crippen LogP contribution in [0.15, 0.2) is 4.99 Å². The van der Waals surface area contributed by atoms with Crippen LogP contribution in [0.3, 0.4) is 0 Å². The molecule has 1 N–H and O–H groups in total. The molecule has 0 atom stereocenters. The van der Waals surface area contributed by atoms with Crippen molar-refractivity contribution in [2.45, 2.75) is 6.92 Å². The van der Waals surface area contributed by atoms with Crippen LogP contribution in [0.25, 0.3) is 4.85 Å². The van der Waals surface area contributed by atoms with E-state index in [2.05, 4.69) is 20.0 Å². The number of nitrogens with zero attached hydrogens (tertiary/aromatic N) is 4. The molecule has 0 aliphatic rings. The number of hydrogen-bond donors (Lipinski definition) is 1. The number of ether oxygens (including phenoxy) is 1. The summed E-state index contributed by atoms with van der Waals surface area (Å²) in [5, 5.41) is 6.67. The van der Waals surface area contributed by atoms with Gasteiger partial charge in [0.2, 0.25) is 0 Å². The van der Waals surface area contributed by atoms with E-state index in [1.54, 1.807) is 4.90 Å². The fraction of sp³-hybridized carbons (Fsp3) is 0.444. The van der Waals surface area contributed by atoms with Crippen molar-refractivity contribution in [3.63, 3.8) is 0 Å². The van der Waals surface area contributed by atoms with Crippen LogP contribution in [0.1, 0.15) is 6.92 Å². The number of aromatic nitrogens is 2. The summed E-state index contributed by atoms with van der Waals surface area (Å²) >= 11 is 0. The minimum atomic E-state index is 0.399. The smallest absolute Gasteiger partial charge is 0.272 e. The van der Waals surface area contributed by atoms with Gasteiger partial charge < -0.3 is 9.64 Å². The van der Waals surface area contributed by atoms with Gasteiger partial charge in [0.15, 0.2) is 18.0 Å². The largest absolute Gasteiger partial charge is 0.483 e. The zero-order valence-electron chi connectivity index (χ0n) is 8.98. The molecule has 0 amide bonds. The van der Waals surface area contributed by atoms with E-state index in [1.165, 1.54) is 6.40 Å². The van der Waals surface area contributed by atoms with Crippen molar-refractivity contribution in [2.75, 3.05) is 25.6 Å². The first kappa shape index (κ1) is 11.0. The van der Waals surface area contributed by atoms with Gasteiger partial charge >= 0.3 is 0 Å². The van der Waals surface area contributed by atoms with E-state index in [1.807, 2.05) is 21.0 Å². The van der Waals surface area contributed by atoms with Gasteiger partial charge in [-0.05, 0) is 6.92 Å². The van der Waals surface area contributed by atoms with E-state index in [-0.39, 0.29) is 0 Å². The molecule has 6 nitrogen and oxygen atoms in total. The van der Waals surface area contributed by atoms with E-state index in [9.17, 15) is 0 Å². The molecule has 0 aliphatic carbocycles. The summed E-state index contributed by atoms with van der Waals surface area (Å²) in [7, 11) is 3.64. The third-order valence-corrected chi connectivity index (χ3v) is 1.66. The fourth-order valence-electron chi connectivity index (χ4n) is 0.987. The van der Waals surface area contributed by atoms with Gasteiger partial charge in [0.05, 0.1) is 13.2 Å². The van der Waals surface area contributed by atoms with Crippen molar-refractivity contribution in [2.24, 2.45) is 4.99 Å². The number of anilines is 1. The molecule has 0 aromatic carbocycles. The van der Waals surface area contributed by atoms with Gasteiger partial charge in [0.1, 0.15) is 0 Å². The zero-order valence-corrected chi connectivity index (χ0v) is 8.98. The van der Waals surface area contributed by atoms with Crippen LogP contribution in [0.5, 0.6) is 0 Å². The van der Waals surface area contributed by atoms with Gasteiger partial charge in [-0.25, -0.2) is 9.84 Å². The number of H-pyrrole nitrogens is 1. The Labute approximate surface area is 88.4 Å². The highest BCUT2D eigenvalue weighted by atomic mass is 16.5. The monoisotopic (exact) mass is 207 g/mol. The molecule has 80 valence electrons. The molecular formula is C9H13N5O. The van der Waals surface area contributed by atoms with Crippen LogP contribution in [0.4, 0.5) is 17.3 Å². The van der Waals surface area contributed by atoms with Crippen molar-refractivity contribution in [1.82, 2.24) is 10.2 Å². The van der Waals surface area contributed by atoms with E-state index in [0.29, 0.717) is 23.9 Å². The molecule has 1 rings (SSSR count). The van der Waals surface area contributed by atoms with E-state index >= 15 is 0 Å². The number of aliphatic imine (C=N–C) groups is 1. The average molecular weight is 207 g/mol. The zero-order chi connectivity index (χ0) is 11.3. The molecule has 6 heteroatoms. The normalized spacial score (nSPS) is 10.3. The maximum absolute atomic E-state index is 7.04. The number of nitrogens with one attached hydrogen (secondary N) is 1. The molecule has 0 spiro atoms. The third kappa shape index (κ3) is 2.47. The summed E-state index contributed by atoms with van der Waals surface area (Å²) in [4.78, 5) is 9.09. The summed E-state index contributed by atoms with van der Waals surface area (Å²) in [5.74, 6) is 0.996. The first-order valence-electron chi connectivity index (χ1n) is 4.48. The van der Waals surface area contributed by atoms with Crippen LogP contribution in [0, 0.1) is 6.57 Å². The molecule has 0 saturated heterocycles. The average Bonchev–Trinajstić information content (AvgIpc) is 2.61. The maximum Gasteiger partial charge on any atom is 0.272 e. The summed E-state index contributed by atoms with van der Waals surface area (Å²) in [6.07, 6.45) is 1.31. The first-order chi connectivity index (χ1) is 7.20. The molecule has 0 radical (unpaired) electrons.